The summed E-state index contributed by atoms with van der Waals surface area (Å²) in [6, 6.07) is 10.9. The highest BCUT2D eigenvalue weighted by atomic mass is 32.1. The van der Waals surface area contributed by atoms with Gasteiger partial charge in [0.2, 0.25) is 5.91 Å². The van der Waals surface area contributed by atoms with Crippen LogP contribution in [-0.2, 0) is 4.79 Å². The fourth-order valence-corrected chi connectivity index (χ4v) is 4.81. The lowest BCUT2D eigenvalue weighted by Crippen LogP contribution is -2.17. The van der Waals surface area contributed by atoms with Crippen molar-refractivity contribution in [1.82, 2.24) is 30.1 Å². The van der Waals surface area contributed by atoms with Crippen molar-refractivity contribution in [2.75, 3.05) is 5.32 Å². The van der Waals surface area contributed by atoms with E-state index in [4.69, 9.17) is 0 Å². The van der Waals surface area contributed by atoms with Crippen molar-refractivity contribution in [2.24, 2.45) is 5.92 Å². The number of aromatic nitrogens is 6. The summed E-state index contributed by atoms with van der Waals surface area (Å²) in [6.45, 7) is 3.67. The van der Waals surface area contributed by atoms with Crippen LogP contribution in [0, 0.1) is 11.0 Å². The van der Waals surface area contributed by atoms with E-state index in [0.717, 1.165) is 49.3 Å². The number of anilines is 1. The summed E-state index contributed by atoms with van der Waals surface area (Å²) in [4.78, 5) is 29.6. The fourth-order valence-electron chi connectivity index (χ4n) is 4.04. The van der Waals surface area contributed by atoms with Crippen molar-refractivity contribution in [1.29, 1.82) is 0 Å². The van der Waals surface area contributed by atoms with Crippen LogP contribution in [0.2, 0.25) is 0 Å². The van der Waals surface area contributed by atoms with E-state index in [1.807, 2.05) is 38.1 Å². The van der Waals surface area contributed by atoms with Gasteiger partial charge in [-0.3, -0.25) is 19.9 Å². The van der Waals surface area contributed by atoms with Crippen molar-refractivity contribution in [2.45, 2.75) is 13.8 Å². The summed E-state index contributed by atoms with van der Waals surface area (Å²) in [7, 11) is 0. The van der Waals surface area contributed by atoms with Crippen LogP contribution in [0.25, 0.3) is 55.0 Å². The van der Waals surface area contributed by atoms with E-state index in [1.54, 1.807) is 30.9 Å². The highest BCUT2D eigenvalue weighted by Crippen LogP contribution is 2.36. The number of nitrogens with zero attached hydrogens (tertiary/aromatic N) is 4. The highest BCUT2D eigenvalue weighted by molar-refractivity contribution is 7.14. The van der Waals surface area contributed by atoms with Crippen molar-refractivity contribution in [3.63, 3.8) is 0 Å². The Morgan fingerprint density at radius 2 is 1.94 bits per heavy atom. The summed E-state index contributed by atoms with van der Waals surface area (Å²) in [6.07, 6.45) is 6.75. The lowest BCUT2D eigenvalue weighted by atomic mass is 10.1. The van der Waals surface area contributed by atoms with Crippen LogP contribution in [-0.4, -0.2) is 36.0 Å². The number of hydrogen-bond acceptors (Lipinski definition) is 6. The molecule has 0 atom stereocenters. The lowest BCUT2D eigenvalue weighted by Gasteiger charge is -2.08. The molecular formula is C26H20FN7OS. The molecule has 3 N–H and O–H groups in total. The van der Waals surface area contributed by atoms with E-state index >= 15 is 0 Å². The number of fused-ring (bicyclic) bond motifs is 2. The monoisotopic (exact) mass is 497 g/mol. The Kier molecular flexibility index (Phi) is 5.30. The predicted molar refractivity (Wildman–Crippen MR) is 139 cm³/mol. The first kappa shape index (κ1) is 22.1. The normalized spacial score (nSPS) is 11.6. The molecule has 6 rings (SSSR count). The van der Waals surface area contributed by atoms with Crippen molar-refractivity contribution in [3.8, 4) is 33.1 Å². The minimum atomic E-state index is -0.230. The number of nitrogens with one attached hydrogen (secondary N) is 3. The average Bonchev–Trinajstić information content (AvgIpc) is 3.61. The van der Waals surface area contributed by atoms with Crippen molar-refractivity contribution in [3.05, 3.63) is 66.3 Å². The number of amides is 1. The molecule has 0 aliphatic heterocycles. The zero-order valence-electron chi connectivity index (χ0n) is 19.3. The Balaban J connectivity index is 1.41. The maximum Gasteiger partial charge on any atom is 0.226 e. The van der Waals surface area contributed by atoms with Gasteiger partial charge in [-0.15, -0.1) is 11.3 Å². The van der Waals surface area contributed by atoms with Gasteiger partial charge < -0.3 is 10.3 Å². The first-order valence-electron chi connectivity index (χ1n) is 11.3. The maximum absolute atomic E-state index is 13.7. The molecule has 36 heavy (non-hydrogen) atoms. The minimum Gasteiger partial charge on any atom is -0.338 e. The molecule has 0 aliphatic rings. The number of aromatic amines is 2. The molecule has 0 saturated carbocycles. The molecule has 1 amide bonds. The van der Waals surface area contributed by atoms with Gasteiger partial charge >= 0.3 is 0 Å². The molecule has 0 fully saturated rings. The summed E-state index contributed by atoms with van der Waals surface area (Å²) in [5, 5.41) is 12.0. The second-order valence-corrected chi connectivity index (χ2v) is 9.74. The topological polar surface area (TPSA) is 112 Å². The van der Waals surface area contributed by atoms with Crippen molar-refractivity contribution >= 4 is 44.9 Å². The third-order valence-electron chi connectivity index (χ3n) is 5.90. The number of H-pyrrole nitrogens is 2. The number of carbonyl (C=O) groups is 1. The number of pyridine rings is 3. The molecule has 10 heteroatoms. The van der Waals surface area contributed by atoms with E-state index in [0.29, 0.717) is 22.7 Å². The summed E-state index contributed by atoms with van der Waals surface area (Å²) in [5.41, 5.74) is 5.95. The Morgan fingerprint density at radius 1 is 1.06 bits per heavy atom. The molecule has 0 aromatic carbocycles. The van der Waals surface area contributed by atoms with Gasteiger partial charge in [-0.2, -0.15) is 9.49 Å². The predicted octanol–water partition coefficient (Wildman–Crippen LogP) is 6.03. The number of hydrogen-bond donors (Lipinski definition) is 3. The zero-order chi connectivity index (χ0) is 24.8. The largest absolute Gasteiger partial charge is 0.338 e. The summed E-state index contributed by atoms with van der Waals surface area (Å²) in [5.74, 6) is -0.215. The SMILES string of the molecule is CC(C)C(=O)Nc1cncc(-c2cc3c(-c4cc5c(-c6ccc(F)s6)ccnc5[nH]4)n[nH]c3cn2)c1. The third kappa shape index (κ3) is 3.91. The maximum atomic E-state index is 13.7. The standard InChI is InChI=1S/C26H20FN7OS/c1-13(2)26(35)31-15-7-14(10-28-11-15)19-9-18-21(12-30-19)33-34-24(18)20-8-17-16(5-6-29-25(17)32-20)22-3-4-23(27)36-22/h3-13H,1-2H3,(H,29,32)(H,31,35)(H,33,34). The second kappa shape index (κ2) is 8.65. The van der Waals surface area contributed by atoms with Crippen LogP contribution in [0.15, 0.2) is 61.2 Å². The quantitative estimate of drug-likeness (QED) is 0.269. The number of thiophene rings is 1. The van der Waals surface area contributed by atoms with Gasteiger partial charge in [0.05, 0.1) is 35.0 Å². The van der Waals surface area contributed by atoms with E-state index in [2.05, 4.69) is 35.5 Å². The van der Waals surface area contributed by atoms with E-state index in [9.17, 15) is 9.18 Å². The van der Waals surface area contributed by atoms with Gasteiger partial charge in [-0.25, -0.2) is 4.98 Å². The van der Waals surface area contributed by atoms with Crippen molar-refractivity contribution < 1.29 is 9.18 Å². The first-order valence-corrected chi connectivity index (χ1v) is 12.1. The van der Waals surface area contributed by atoms with Crippen LogP contribution < -0.4 is 5.32 Å². The van der Waals surface area contributed by atoms with Crippen LogP contribution in [0.4, 0.5) is 10.1 Å². The first-order chi connectivity index (χ1) is 17.5. The van der Waals surface area contributed by atoms with Crippen LogP contribution in [0.5, 0.6) is 0 Å². The number of rotatable bonds is 5. The molecule has 6 aromatic heterocycles. The highest BCUT2D eigenvalue weighted by Gasteiger charge is 2.16. The van der Waals surface area contributed by atoms with E-state index in [-0.39, 0.29) is 17.0 Å². The number of carbonyl (C=O) groups excluding carboxylic acids is 1. The van der Waals surface area contributed by atoms with Gasteiger partial charge in [0, 0.05) is 45.1 Å². The summed E-state index contributed by atoms with van der Waals surface area (Å²) >= 11 is 1.10. The molecule has 0 aliphatic carbocycles. The lowest BCUT2D eigenvalue weighted by molar-refractivity contribution is -0.118. The molecule has 8 nitrogen and oxygen atoms in total. The molecule has 0 spiro atoms. The van der Waals surface area contributed by atoms with Gasteiger partial charge in [-0.05, 0) is 36.4 Å². The number of halogens is 1. The smallest absolute Gasteiger partial charge is 0.226 e. The van der Waals surface area contributed by atoms with Gasteiger partial charge in [0.1, 0.15) is 11.3 Å². The van der Waals surface area contributed by atoms with E-state index < -0.39 is 0 Å². The molecule has 6 aromatic rings. The zero-order valence-corrected chi connectivity index (χ0v) is 20.2. The molecule has 0 unspecified atom stereocenters. The Morgan fingerprint density at radius 3 is 2.75 bits per heavy atom. The molecular weight excluding hydrogens is 477 g/mol. The van der Waals surface area contributed by atoms with Gasteiger partial charge in [-0.1, -0.05) is 13.8 Å². The fraction of sp³-hybridized carbons (Fsp3) is 0.115. The Labute approximate surface area is 208 Å². The molecule has 6 heterocycles. The van der Waals surface area contributed by atoms with Gasteiger partial charge in [0.15, 0.2) is 5.13 Å². The minimum absolute atomic E-state index is 0.0773. The third-order valence-corrected chi connectivity index (χ3v) is 6.81. The molecule has 178 valence electrons. The summed E-state index contributed by atoms with van der Waals surface area (Å²) < 4.78 is 13.7. The second-order valence-electron chi connectivity index (χ2n) is 8.70. The molecule has 0 radical (unpaired) electrons. The molecule has 0 saturated heterocycles. The Bertz CT molecular complexity index is 1750. The van der Waals surface area contributed by atoms with Crippen LogP contribution in [0.3, 0.4) is 0 Å². The van der Waals surface area contributed by atoms with Crippen LogP contribution >= 0.6 is 11.3 Å². The van der Waals surface area contributed by atoms with Crippen LogP contribution in [0.1, 0.15) is 13.8 Å². The Hall–Kier alpha value is -4.44. The average molecular weight is 498 g/mol. The molecule has 0 bridgehead atoms. The van der Waals surface area contributed by atoms with Gasteiger partial charge in [0.25, 0.3) is 0 Å². The van der Waals surface area contributed by atoms with E-state index in [1.165, 1.54) is 6.07 Å².